The van der Waals surface area contributed by atoms with Gasteiger partial charge in [0.2, 0.25) is 0 Å². The molecule has 0 radical (unpaired) electrons. The van der Waals surface area contributed by atoms with E-state index in [4.69, 9.17) is 10.5 Å². The Labute approximate surface area is 232 Å². The second-order valence-corrected chi connectivity index (χ2v) is 12.6. The SMILES string of the molecule is CCOCC1(O)CC23C(=C1C(=O)[O-])CC(C(Cc1ccccc1)CC2C)C31C[NH+](C(N)=NC)CCC1CNC. The molecule has 1 heterocycles. The first-order chi connectivity index (χ1) is 18.7. The number of benzene rings is 1. The Morgan fingerprint density at radius 3 is 2.72 bits per heavy atom. The summed E-state index contributed by atoms with van der Waals surface area (Å²) in [6.45, 7) is 7.09. The number of hydrogen-bond donors (Lipinski definition) is 4. The Morgan fingerprint density at radius 2 is 2.08 bits per heavy atom. The lowest BCUT2D eigenvalue weighted by Gasteiger charge is -2.62. The van der Waals surface area contributed by atoms with Crippen molar-refractivity contribution in [1.29, 1.82) is 0 Å². The molecular formula is C31H46N4O4. The lowest BCUT2D eigenvalue weighted by Crippen LogP contribution is -3.19. The number of aliphatic hydroxyl groups is 1. The fourth-order valence-corrected chi connectivity index (χ4v) is 9.86. The molecule has 3 fully saturated rings. The predicted molar refractivity (Wildman–Crippen MR) is 149 cm³/mol. The summed E-state index contributed by atoms with van der Waals surface area (Å²) in [6, 6.07) is 10.7. The number of allylic oxidation sites excluding steroid dienone is 1. The molecule has 1 saturated heterocycles. The number of nitrogens with two attached hydrogens (primary N) is 1. The van der Waals surface area contributed by atoms with Crippen LogP contribution in [0.5, 0.6) is 0 Å². The molecule has 4 aliphatic rings. The van der Waals surface area contributed by atoms with E-state index in [0.29, 0.717) is 37.2 Å². The van der Waals surface area contributed by atoms with Crippen LogP contribution in [0.4, 0.5) is 0 Å². The van der Waals surface area contributed by atoms with Crippen molar-refractivity contribution in [2.24, 2.45) is 45.2 Å². The third-order valence-corrected chi connectivity index (χ3v) is 11.0. The van der Waals surface area contributed by atoms with Gasteiger partial charge in [-0.15, -0.1) is 0 Å². The second-order valence-electron chi connectivity index (χ2n) is 12.6. The van der Waals surface area contributed by atoms with E-state index in [1.54, 1.807) is 7.05 Å². The van der Waals surface area contributed by atoms with E-state index in [9.17, 15) is 15.0 Å². The molecule has 3 aliphatic carbocycles. The summed E-state index contributed by atoms with van der Waals surface area (Å²) in [4.78, 5) is 18.4. The first-order valence-electron chi connectivity index (χ1n) is 14.7. The molecule has 214 valence electrons. The van der Waals surface area contributed by atoms with E-state index in [0.717, 1.165) is 44.5 Å². The van der Waals surface area contributed by atoms with Crippen LogP contribution in [0, 0.1) is 34.5 Å². The molecule has 2 bridgehead atoms. The van der Waals surface area contributed by atoms with Crippen molar-refractivity contribution in [2.75, 3.05) is 46.9 Å². The minimum absolute atomic E-state index is 0.0230. The van der Waals surface area contributed by atoms with Crippen molar-refractivity contribution < 1.29 is 24.6 Å². The van der Waals surface area contributed by atoms with Gasteiger partial charge < -0.3 is 30.8 Å². The summed E-state index contributed by atoms with van der Waals surface area (Å²) in [5, 5.41) is 28.4. The van der Waals surface area contributed by atoms with E-state index in [2.05, 4.69) is 47.6 Å². The van der Waals surface area contributed by atoms with E-state index >= 15 is 0 Å². The standard InChI is InChI=1S/C31H46N4O4/c1-5-39-19-29(38)17-30-20(2)13-22(14-21-9-7-6-8-10-21)24(15-25(30)26(29)27(36)37)31(30)18-35(28(32)34-4)12-11-23(31)16-33-3/h6-10,20,22-24,33,38H,5,11-19H2,1-4H3,(H2,32,34)(H,36,37). The normalized spacial score (nSPS) is 39.8. The number of carboxylic acid groups (broad SMARTS) is 1. The van der Waals surface area contributed by atoms with Gasteiger partial charge in [0.1, 0.15) is 5.60 Å². The molecule has 0 aromatic heterocycles. The van der Waals surface area contributed by atoms with Crippen LogP contribution < -0.4 is 21.1 Å². The number of ether oxygens (including phenoxy) is 1. The number of quaternary nitrogens is 1. The molecule has 2 spiro atoms. The number of aliphatic carboxylic acids is 1. The molecule has 1 aromatic carbocycles. The predicted octanol–water partition coefficient (Wildman–Crippen LogP) is 0.164. The number of carbonyl (C=O) groups excluding carboxylic acids is 1. The highest BCUT2D eigenvalue weighted by Gasteiger charge is 2.77. The lowest BCUT2D eigenvalue weighted by molar-refractivity contribution is -0.829. The number of nitrogens with zero attached hydrogens (tertiary/aromatic N) is 1. The maximum absolute atomic E-state index is 12.8. The van der Waals surface area contributed by atoms with E-state index < -0.39 is 17.0 Å². The summed E-state index contributed by atoms with van der Waals surface area (Å²) in [5.41, 5.74) is 6.57. The van der Waals surface area contributed by atoms with Crippen LogP contribution in [0.2, 0.25) is 0 Å². The van der Waals surface area contributed by atoms with Crippen molar-refractivity contribution in [3.8, 4) is 0 Å². The summed E-state index contributed by atoms with van der Waals surface area (Å²) in [7, 11) is 3.75. The number of carboxylic acids is 1. The number of nitrogens with one attached hydrogen (secondary N) is 2. The van der Waals surface area contributed by atoms with Crippen molar-refractivity contribution in [1.82, 2.24) is 5.32 Å². The fraction of sp³-hybridized carbons (Fsp3) is 0.677. The van der Waals surface area contributed by atoms with Gasteiger partial charge in [0.15, 0.2) is 0 Å². The maximum atomic E-state index is 12.8. The smallest absolute Gasteiger partial charge is 0.293 e. The van der Waals surface area contributed by atoms with E-state index in [1.807, 2.05) is 14.0 Å². The van der Waals surface area contributed by atoms with Gasteiger partial charge in [-0.3, -0.25) is 4.90 Å². The van der Waals surface area contributed by atoms with Gasteiger partial charge >= 0.3 is 0 Å². The molecule has 39 heavy (non-hydrogen) atoms. The number of piperidine rings is 1. The number of hydrogen-bond acceptors (Lipinski definition) is 6. The van der Waals surface area contributed by atoms with Crippen LogP contribution in [0.3, 0.4) is 0 Å². The van der Waals surface area contributed by atoms with Crippen LogP contribution in [0.1, 0.15) is 45.1 Å². The first kappa shape index (κ1) is 28.3. The summed E-state index contributed by atoms with van der Waals surface area (Å²) in [5.74, 6) is 0.527. The molecule has 5 N–H and O–H groups in total. The average molecular weight is 539 g/mol. The molecule has 5 rings (SSSR count). The van der Waals surface area contributed by atoms with Gasteiger partial charge in [-0.25, -0.2) is 4.99 Å². The van der Waals surface area contributed by atoms with Crippen LogP contribution in [0.25, 0.3) is 0 Å². The molecule has 0 amide bonds. The third kappa shape index (κ3) is 4.17. The molecule has 2 saturated carbocycles. The zero-order chi connectivity index (χ0) is 28.0. The van der Waals surface area contributed by atoms with Crippen molar-refractivity contribution in [3.63, 3.8) is 0 Å². The Hall–Kier alpha value is -2.26. The largest absolute Gasteiger partial charge is 0.545 e. The highest BCUT2D eigenvalue weighted by molar-refractivity contribution is 5.90. The van der Waals surface area contributed by atoms with Gasteiger partial charge in [-0.1, -0.05) is 42.8 Å². The lowest BCUT2D eigenvalue weighted by atomic mass is 9.43. The first-order valence-corrected chi connectivity index (χ1v) is 14.7. The monoisotopic (exact) mass is 538 g/mol. The van der Waals surface area contributed by atoms with Crippen LogP contribution in [-0.4, -0.2) is 69.6 Å². The van der Waals surface area contributed by atoms with Gasteiger partial charge in [-0.05, 0) is 75.4 Å². The van der Waals surface area contributed by atoms with Gasteiger partial charge in [-0.2, -0.15) is 0 Å². The third-order valence-electron chi connectivity index (χ3n) is 11.0. The maximum Gasteiger partial charge on any atom is 0.293 e. The molecule has 1 aliphatic heterocycles. The Morgan fingerprint density at radius 1 is 1.33 bits per heavy atom. The molecule has 8 unspecified atom stereocenters. The molecular weight excluding hydrogens is 492 g/mol. The van der Waals surface area contributed by atoms with Crippen molar-refractivity contribution in [2.45, 2.75) is 51.6 Å². The Bertz CT molecular complexity index is 1140. The van der Waals surface area contributed by atoms with E-state index in [-0.39, 0.29) is 29.4 Å². The molecule has 1 aromatic rings. The minimum Gasteiger partial charge on any atom is -0.545 e. The number of aliphatic imine (C=N–C) groups is 1. The summed E-state index contributed by atoms with van der Waals surface area (Å²) >= 11 is 0. The number of carbonyl (C=O) groups is 1. The highest BCUT2D eigenvalue weighted by atomic mass is 16.5. The Balaban J connectivity index is 1.73. The molecule has 8 nitrogen and oxygen atoms in total. The van der Waals surface area contributed by atoms with Crippen LogP contribution in [0.15, 0.2) is 46.5 Å². The minimum atomic E-state index is -1.56. The van der Waals surface area contributed by atoms with Crippen molar-refractivity contribution in [3.05, 3.63) is 47.0 Å². The zero-order valence-corrected chi connectivity index (χ0v) is 24.0. The zero-order valence-electron chi connectivity index (χ0n) is 24.0. The van der Waals surface area contributed by atoms with Gasteiger partial charge in [0.25, 0.3) is 5.96 Å². The molecule has 8 atom stereocenters. The number of guanidine groups is 1. The highest BCUT2D eigenvalue weighted by Crippen LogP contribution is 2.77. The van der Waals surface area contributed by atoms with E-state index in [1.165, 1.54) is 10.5 Å². The average Bonchev–Trinajstić information content (AvgIpc) is 3.29. The Kier molecular flexibility index (Phi) is 7.70. The van der Waals surface area contributed by atoms with Crippen LogP contribution >= 0.6 is 0 Å². The topological polar surface area (TPSA) is 124 Å². The van der Waals surface area contributed by atoms with Gasteiger partial charge in [0, 0.05) is 36.5 Å². The summed E-state index contributed by atoms with van der Waals surface area (Å²) in [6.07, 6.45) is 3.97. The van der Waals surface area contributed by atoms with Crippen LogP contribution in [-0.2, 0) is 16.0 Å². The van der Waals surface area contributed by atoms with Crippen molar-refractivity contribution >= 4 is 11.9 Å². The quantitative estimate of drug-likeness (QED) is 0.276. The second kappa shape index (κ2) is 10.6. The number of rotatable bonds is 8. The van der Waals surface area contributed by atoms with Gasteiger partial charge in [0.05, 0.1) is 25.7 Å². The number of likely N-dealkylation sites (tertiary alicyclic amines) is 1. The fourth-order valence-electron chi connectivity index (χ4n) is 9.86. The summed E-state index contributed by atoms with van der Waals surface area (Å²) < 4.78 is 5.73. The molecule has 8 heteroatoms.